The molecule has 13 nitrogen and oxygen atoms in total. The summed E-state index contributed by atoms with van der Waals surface area (Å²) in [5, 5.41) is 0. The largest absolute Gasteiger partial charge is 0.432 e. The standard InChI is InChI=1S/C50H84O13/c1-45(2)22-24-50(44(51)63-43-41(59-15)39(57-13)37(55-11)32(61-43)28-53-9)25-23-48(6)29(30(50)26-45)16-17-34-47(5)20-19-35(46(3,4)33(47)18-21-49(34,48)7)62-42-40(58-14)38(56-12)36(54-10)31(60-42)27-52-8/h16,30-43H,17-28H2,1-15H3. The highest BCUT2D eigenvalue weighted by molar-refractivity contribution is 5.79. The maximum absolute atomic E-state index is 15.2. The van der Waals surface area contributed by atoms with Crippen LogP contribution >= 0.6 is 0 Å². The Hall–Kier alpha value is -1.23. The van der Waals surface area contributed by atoms with Crippen molar-refractivity contribution >= 4 is 5.97 Å². The van der Waals surface area contributed by atoms with Crippen LogP contribution in [0.3, 0.4) is 0 Å². The van der Waals surface area contributed by atoms with Crippen LogP contribution in [0.5, 0.6) is 0 Å². The van der Waals surface area contributed by atoms with Gasteiger partial charge in [-0.2, -0.15) is 0 Å². The normalized spacial score (nSPS) is 47.9. The van der Waals surface area contributed by atoms with Crippen LogP contribution in [0.15, 0.2) is 11.6 Å². The average Bonchev–Trinajstić information content (AvgIpc) is 3.24. The van der Waals surface area contributed by atoms with E-state index >= 15 is 4.79 Å². The first-order chi connectivity index (χ1) is 29.8. The molecule has 63 heavy (non-hydrogen) atoms. The van der Waals surface area contributed by atoms with Gasteiger partial charge in [0.1, 0.15) is 48.8 Å². The van der Waals surface area contributed by atoms with Gasteiger partial charge in [-0.1, -0.05) is 60.1 Å². The van der Waals surface area contributed by atoms with E-state index in [9.17, 15) is 0 Å². The third kappa shape index (κ3) is 8.02. The summed E-state index contributed by atoms with van der Waals surface area (Å²) < 4.78 is 73.5. The molecule has 7 rings (SSSR count). The monoisotopic (exact) mass is 893 g/mol. The van der Waals surface area contributed by atoms with Gasteiger partial charge in [-0.05, 0) is 109 Å². The molecule has 18 unspecified atom stereocenters. The number of rotatable bonds is 14. The molecule has 0 amide bonds. The third-order valence-electron chi connectivity index (χ3n) is 19.0. The van der Waals surface area contributed by atoms with Gasteiger partial charge in [-0.25, -0.2) is 0 Å². The highest BCUT2D eigenvalue weighted by atomic mass is 16.7. The highest BCUT2D eigenvalue weighted by Crippen LogP contribution is 2.76. The van der Waals surface area contributed by atoms with Crippen LogP contribution in [0.2, 0.25) is 0 Å². The zero-order valence-electron chi connectivity index (χ0n) is 41.5. The summed E-state index contributed by atoms with van der Waals surface area (Å²) in [6, 6.07) is 0. The van der Waals surface area contributed by atoms with E-state index in [1.54, 1.807) is 56.9 Å². The maximum atomic E-state index is 15.2. The van der Waals surface area contributed by atoms with E-state index in [1.807, 2.05) is 0 Å². The van der Waals surface area contributed by atoms with Crippen molar-refractivity contribution in [3.05, 3.63) is 11.6 Å². The van der Waals surface area contributed by atoms with Crippen LogP contribution in [-0.4, -0.2) is 144 Å². The first-order valence-electron chi connectivity index (χ1n) is 23.9. The Morgan fingerprint density at radius 1 is 0.619 bits per heavy atom. The molecular formula is C50H84O13. The first kappa shape index (κ1) is 49.7. The predicted molar refractivity (Wildman–Crippen MR) is 236 cm³/mol. The van der Waals surface area contributed by atoms with Crippen molar-refractivity contribution in [1.29, 1.82) is 0 Å². The lowest BCUT2D eigenvalue weighted by Gasteiger charge is -2.71. The number of fused-ring (bicyclic) bond motifs is 7. The second kappa shape index (κ2) is 18.7. The molecule has 18 atom stereocenters. The second-order valence-corrected chi connectivity index (χ2v) is 22.5. The zero-order valence-corrected chi connectivity index (χ0v) is 41.5. The fourth-order valence-electron chi connectivity index (χ4n) is 15.4. The van der Waals surface area contributed by atoms with E-state index in [1.165, 1.54) is 5.57 Å². The van der Waals surface area contributed by atoms with Crippen molar-refractivity contribution in [3.63, 3.8) is 0 Å². The van der Waals surface area contributed by atoms with Gasteiger partial charge < -0.3 is 56.8 Å². The minimum absolute atomic E-state index is 0.0337. The maximum Gasteiger partial charge on any atom is 0.315 e. The minimum Gasteiger partial charge on any atom is -0.432 e. The van der Waals surface area contributed by atoms with Crippen LogP contribution < -0.4 is 0 Å². The van der Waals surface area contributed by atoms with E-state index in [0.29, 0.717) is 18.4 Å². The minimum atomic E-state index is -0.960. The molecule has 5 aliphatic carbocycles. The van der Waals surface area contributed by atoms with Gasteiger partial charge in [0.2, 0.25) is 6.29 Å². The molecule has 2 heterocycles. The van der Waals surface area contributed by atoms with Crippen LogP contribution in [-0.2, 0) is 61.6 Å². The summed E-state index contributed by atoms with van der Waals surface area (Å²) in [7, 11) is 13.2. The quantitative estimate of drug-likeness (QED) is 0.0969. The SMILES string of the molecule is COCC1OC(OC(=O)C23CCC(C)(C)CC2C2=CCC4C5(C)CCC(OC6OC(COC)C(OC)C(OC)C6OC)C(C)(C)C5CCC4(C)C2(C)CC3)C(OC)C(OC)C1OC. The molecule has 0 aromatic rings. The van der Waals surface area contributed by atoms with Crippen molar-refractivity contribution < 1.29 is 61.6 Å². The fourth-order valence-corrected chi connectivity index (χ4v) is 15.4. The average molecular weight is 893 g/mol. The smallest absolute Gasteiger partial charge is 0.315 e. The lowest BCUT2D eigenvalue weighted by molar-refractivity contribution is -0.338. The van der Waals surface area contributed by atoms with Crippen LogP contribution in [0.4, 0.5) is 0 Å². The molecule has 7 aliphatic rings. The van der Waals surface area contributed by atoms with Crippen molar-refractivity contribution in [2.75, 3.05) is 70.1 Å². The summed E-state index contributed by atoms with van der Waals surface area (Å²) in [5.74, 6) is 0.813. The fraction of sp³-hybridized carbons (Fsp3) is 0.940. The van der Waals surface area contributed by atoms with Gasteiger partial charge in [-0.15, -0.1) is 0 Å². The summed E-state index contributed by atoms with van der Waals surface area (Å²) in [5.41, 5.74) is 0.859. The van der Waals surface area contributed by atoms with Crippen molar-refractivity contribution in [2.24, 2.45) is 50.2 Å². The Morgan fingerprint density at radius 2 is 1.16 bits per heavy atom. The summed E-state index contributed by atoms with van der Waals surface area (Å²) >= 11 is 0. The van der Waals surface area contributed by atoms with Gasteiger partial charge in [0.15, 0.2) is 6.29 Å². The van der Waals surface area contributed by atoms with Crippen LogP contribution in [0, 0.1) is 50.2 Å². The molecule has 0 radical (unpaired) electrons. The molecule has 6 fully saturated rings. The third-order valence-corrected chi connectivity index (χ3v) is 19.0. The molecular weight excluding hydrogens is 809 g/mol. The number of carbonyl (C=O) groups excluding carboxylic acids is 1. The van der Waals surface area contributed by atoms with E-state index in [4.69, 9.17) is 56.8 Å². The topological polar surface area (TPSA) is 128 Å². The van der Waals surface area contributed by atoms with Gasteiger partial charge in [0.25, 0.3) is 0 Å². The van der Waals surface area contributed by atoms with Gasteiger partial charge in [0, 0.05) is 56.9 Å². The zero-order chi connectivity index (χ0) is 45.9. The Kier molecular flexibility index (Phi) is 14.7. The highest BCUT2D eigenvalue weighted by Gasteiger charge is 2.70. The van der Waals surface area contributed by atoms with Gasteiger partial charge >= 0.3 is 5.97 Å². The van der Waals surface area contributed by atoms with Crippen LogP contribution in [0.1, 0.15) is 113 Å². The Labute approximate surface area is 378 Å². The molecule has 0 N–H and O–H groups in total. The number of hydrogen-bond acceptors (Lipinski definition) is 13. The molecule has 0 aromatic heterocycles. The van der Waals surface area contributed by atoms with Gasteiger partial charge in [0.05, 0.1) is 24.7 Å². The molecule has 13 heteroatoms. The lowest BCUT2D eigenvalue weighted by atomic mass is 9.33. The number of ether oxygens (including phenoxy) is 12. The van der Waals surface area contributed by atoms with Crippen LogP contribution in [0.25, 0.3) is 0 Å². The Balaban J connectivity index is 1.16. The molecule has 2 saturated heterocycles. The van der Waals surface area contributed by atoms with Gasteiger partial charge in [-0.3, -0.25) is 4.79 Å². The number of esters is 1. The van der Waals surface area contributed by atoms with Crippen molar-refractivity contribution in [3.8, 4) is 0 Å². The molecule has 0 bridgehead atoms. The van der Waals surface area contributed by atoms with E-state index in [-0.39, 0.29) is 70.0 Å². The second-order valence-electron chi connectivity index (χ2n) is 22.5. The Morgan fingerprint density at radius 3 is 1.71 bits per heavy atom. The molecule has 0 aromatic carbocycles. The Bertz CT molecular complexity index is 1620. The summed E-state index contributed by atoms with van der Waals surface area (Å²) in [6.45, 7) is 18.0. The summed E-state index contributed by atoms with van der Waals surface area (Å²) in [6.07, 6.45) is 6.99. The number of allylic oxidation sites excluding steroid dienone is 2. The molecule has 2 aliphatic heterocycles. The van der Waals surface area contributed by atoms with Crippen molar-refractivity contribution in [1.82, 2.24) is 0 Å². The number of hydrogen-bond donors (Lipinski definition) is 0. The molecule has 362 valence electrons. The van der Waals surface area contributed by atoms with E-state index in [2.05, 4.69) is 54.5 Å². The number of carbonyl (C=O) groups is 1. The summed E-state index contributed by atoms with van der Waals surface area (Å²) in [4.78, 5) is 15.2. The van der Waals surface area contributed by atoms with E-state index in [0.717, 1.165) is 64.2 Å². The predicted octanol–water partition coefficient (Wildman–Crippen LogP) is 7.55. The van der Waals surface area contributed by atoms with E-state index < -0.39 is 48.5 Å². The lowest BCUT2D eigenvalue weighted by Crippen LogP contribution is -2.66. The van der Waals surface area contributed by atoms with Crippen molar-refractivity contribution in [2.45, 2.75) is 180 Å². The molecule has 0 spiro atoms. The number of methoxy groups -OCH3 is 8. The molecule has 4 saturated carbocycles. The first-order valence-corrected chi connectivity index (χ1v) is 23.9.